The molecule has 0 aromatic heterocycles. The summed E-state index contributed by atoms with van der Waals surface area (Å²) in [6, 6.07) is 12.0. The average molecular weight is 420 g/mol. The lowest BCUT2D eigenvalue weighted by molar-refractivity contribution is -0.114. The molecule has 2 aromatic carbocycles. The number of amides is 1. The Bertz CT molecular complexity index is 875. The Morgan fingerprint density at radius 2 is 1.97 bits per heavy atom. The fraction of sp³-hybridized carbons (Fsp3) is 0.333. The molecule has 0 aliphatic heterocycles. The van der Waals surface area contributed by atoms with Gasteiger partial charge in [-0.1, -0.05) is 12.1 Å². The Kier molecular flexibility index (Phi) is 8.86. The van der Waals surface area contributed by atoms with Gasteiger partial charge >= 0.3 is 6.61 Å². The molecule has 0 radical (unpaired) electrons. The number of benzene rings is 2. The van der Waals surface area contributed by atoms with Crippen molar-refractivity contribution in [3.8, 4) is 11.5 Å². The zero-order chi connectivity index (χ0) is 21.9. The van der Waals surface area contributed by atoms with Crippen molar-refractivity contribution in [2.75, 3.05) is 19.0 Å². The van der Waals surface area contributed by atoms with Crippen LogP contribution in [0.4, 0.5) is 14.5 Å². The Hall–Kier alpha value is -3.36. The normalized spacial score (nSPS) is 11.2. The first kappa shape index (κ1) is 22.9. The maximum atomic E-state index is 12.7. The Morgan fingerprint density at radius 1 is 1.17 bits per heavy atom. The largest absolute Gasteiger partial charge is 0.497 e. The molecule has 1 amide bonds. The Balaban J connectivity index is 2.11. The molecule has 0 unspecified atom stereocenters. The molecule has 2 aromatic rings. The van der Waals surface area contributed by atoms with E-state index < -0.39 is 6.61 Å². The molecule has 0 aliphatic carbocycles. The minimum atomic E-state index is -2.92. The van der Waals surface area contributed by atoms with Gasteiger partial charge in [0.2, 0.25) is 5.91 Å². The highest BCUT2D eigenvalue weighted by Gasteiger charge is 2.11. The number of guanidine groups is 1. The number of alkyl halides is 2. The van der Waals surface area contributed by atoms with E-state index in [2.05, 4.69) is 25.7 Å². The molecule has 0 aliphatic rings. The predicted octanol–water partition coefficient (Wildman–Crippen LogP) is 3.51. The monoisotopic (exact) mass is 420 g/mol. The van der Waals surface area contributed by atoms with Crippen LogP contribution in [0, 0.1) is 0 Å². The van der Waals surface area contributed by atoms with Crippen LogP contribution in [0.2, 0.25) is 0 Å². The van der Waals surface area contributed by atoms with Crippen LogP contribution in [-0.2, 0) is 17.9 Å². The lowest BCUT2D eigenvalue weighted by atomic mass is 10.2. The lowest BCUT2D eigenvalue weighted by Gasteiger charge is -2.15. The van der Waals surface area contributed by atoms with Crippen molar-refractivity contribution in [1.82, 2.24) is 10.6 Å². The van der Waals surface area contributed by atoms with Crippen LogP contribution >= 0.6 is 0 Å². The van der Waals surface area contributed by atoms with Gasteiger partial charge in [-0.05, 0) is 42.8 Å². The van der Waals surface area contributed by atoms with Crippen molar-refractivity contribution in [1.29, 1.82) is 0 Å². The summed E-state index contributed by atoms with van der Waals surface area (Å²) in [6.07, 6.45) is 0. The molecule has 9 heteroatoms. The van der Waals surface area contributed by atoms with E-state index in [1.54, 1.807) is 18.2 Å². The molecule has 7 nitrogen and oxygen atoms in total. The number of aliphatic imine (C=N–C) groups is 1. The molecular weight excluding hydrogens is 394 g/mol. The fourth-order valence-corrected chi connectivity index (χ4v) is 2.67. The molecular formula is C21H26F2N4O3. The maximum Gasteiger partial charge on any atom is 0.387 e. The highest BCUT2D eigenvalue weighted by Crippen LogP contribution is 2.25. The summed E-state index contributed by atoms with van der Waals surface area (Å²) in [5.74, 6) is 0.960. The van der Waals surface area contributed by atoms with E-state index in [9.17, 15) is 13.6 Å². The number of methoxy groups -OCH3 is 1. The van der Waals surface area contributed by atoms with Crippen LogP contribution in [-0.4, -0.2) is 32.1 Å². The number of nitrogens with zero attached hydrogens (tertiary/aromatic N) is 1. The molecule has 0 bridgehead atoms. The van der Waals surface area contributed by atoms with Crippen LogP contribution in [0.3, 0.4) is 0 Å². The SMILES string of the molecule is CCNC(=NCc1cccc(NC(C)=O)c1)NCc1cc(OC)ccc1OC(F)F. The van der Waals surface area contributed by atoms with Crippen LogP contribution in [0.25, 0.3) is 0 Å². The first-order valence-corrected chi connectivity index (χ1v) is 9.41. The third-order valence-electron chi connectivity index (χ3n) is 3.94. The maximum absolute atomic E-state index is 12.7. The van der Waals surface area contributed by atoms with Crippen LogP contribution in [0.1, 0.15) is 25.0 Å². The topological polar surface area (TPSA) is 84.0 Å². The highest BCUT2D eigenvalue weighted by atomic mass is 19.3. The van der Waals surface area contributed by atoms with Gasteiger partial charge in [0.05, 0.1) is 13.7 Å². The first-order chi connectivity index (χ1) is 14.4. The van der Waals surface area contributed by atoms with Crippen molar-refractivity contribution in [3.63, 3.8) is 0 Å². The van der Waals surface area contributed by atoms with Crippen LogP contribution in [0.15, 0.2) is 47.5 Å². The second-order valence-corrected chi connectivity index (χ2v) is 6.28. The minimum Gasteiger partial charge on any atom is -0.497 e. The number of halogens is 2. The average Bonchev–Trinajstić information content (AvgIpc) is 2.70. The number of hydrogen-bond donors (Lipinski definition) is 3. The van der Waals surface area contributed by atoms with Crippen molar-refractivity contribution in [2.45, 2.75) is 33.5 Å². The van der Waals surface area contributed by atoms with Gasteiger partial charge in [-0.15, -0.1) is 0 Å². The number of carbonyl (C=O) groups excluding carboxylic acids is 1. The van der Waals surface area contributed by atoms with E-state index in [0.717, 1.165) is 5.56 Å². The molecule has 0 spiro atoms. The van der Waals surface area contributed by atoms with E-state index in [0.29, 0.717) is 36.0 Å². The van der Waals surface area contributed by atoms with Gasteiger partial charge < -0.3 is 25.4 Å². The van der Waals surface area contributed by atoms with E-state index in [1.807, 2.05) is 25.1 Å². The number of carbonyl (C=O) groups is 1. The third-order valence-corrected chi connectivity index (χ3v) is 3.94. The van der Waals surface area contributed by atoms with Crippen LogP contribution < -0.4 is 25.4 Å². The lowest BCUT2D eigenvalue weighted by Crippen LogP contribution is -2.36. The fourth-order valence-electron chi connectivity index (χ4n) is 2.67. The zero-order valence-corrected chi connectivity index (χ0v) is 17.2. The minimum absolute atomic E-state index is 0.0668. The van der Waals surface area contributed by atoms with Crippen molar-refractivity contribution in [3.05, 3.63) is 53.6 Å². The summed E-state index contributed by atoms with van der Waals surface area (Å²) in [6.45, 7) is 1.64. The van der Waals surface area contributed by atoms with Crippen molar-refractivity contribution >= 4 is 17.6 Å². The standard InChI is InChI=1S/C21H26F2N4O3/c1-4-24-21(25-12-15-6-5-7-17(10-15)27-14(2)28)26-13-16-11-18(29-3)8-9-19(16)30-20(22)23/h5-11,20H,4,12-13H2,1-3H3,(H,27,28)(H2,24,25,26). The van der Waals surface area contributed by atoms with Gasteiger partial charge in [-0.3, -0.25) is 4.79 Å². The summed E-state index contributed by atoms with van der Waals surface area (Å²) in [7, 11) is 1.50. The number of ether oxygens (including phenoxy) is 2. The van der Waals surface area contributed by atoms with Gasteiger partial charge in [0.1, 0.15) is 11.5 Å². The Morgan fingerprint density at radius 3 is 2.63 bits per heavy atom. The second-order valence-electron chi connectivity index (χ2n) is 6.28. The molecule has 0 fully saturated rings. The number of hydrogen-bond acceptors (Lipinski definition) is 4. The molecule has 0 atom stereocenters. The van der Waals surface area contributed by atoms with E-state index in [1.165, 1.54) is 20.1 Å². The molecule has 0 saturated carbocycles. The molecule has 3 N–H and O–H groups in total. The van der Waals surface area contributed by atoms with Gasteiger partial charge in [-0.2, -0.15) is 8.78 Å². The van der Waals surface area contributed by atoms with E-state index in [-0.39, 0.29) is 18.2 Å². The third kappa shape index (κ3) is 7.57. The van der Waals surface area contributed by atoms with Crippen molar-refractivity contribution < 1.29 is 23.0 Å². The van der Waals surface area contributed by atoms with E-state index >= 15 is 0 Å². The van der Waals surface area contributed by atoms with Crippen LogP contribution in [0.5, 0.6) is 11.5 Å². The molecule has 0 saturated heterocycles. The van der Waals surface area contributed by atoms with Crippen molar-refractivity contribution in [2.24, 2.45) is 4.99 Å². The first-order valence-electron chi connectivity index (χ1n) is 9.41. The Labute approximate surface area is 174 Å². The summed E-state index contributed by atoms with van der Waals surface area (Å²) in [4.78, 5) is 15.7. The summed E-state index contributed by atoms with van der Waals surface area (Å²) >= 11 is 0. The molecule has 162 valence electrons. The zero-order valence-electron chi connectivity index (χ0n) is 17.2. The van der Waals surface area contributed by atoms with Gasteiger partial charge in [0, 0.05) is 31.3 Å². The second kappa shape index (κ2) is 11.6. The predicted molar refractivity (Wildman–Crippen MR) is 112 cm³/mol. The number of nitrogens with one attached hydrogen (secondary N) is 3. The van der Waals surface area contributed by atoms with Gasteiger partial charge in [0.15, 0.2) is 5.96 Å². The summed E-state index contributed by atoms with van der Waals surface area (Å²) in [5, 5.41) is 8.95. The number of rotatable bonds is 9. The summed E-state index contributed by atoms with van der Waals surface area (Å²) < 4.78 is 35.1. The molecule has 0 heterocycles. The van der Waals surface area contributed by atoms with Gasteiger partial charge in [0.25, 0.3) is 0 Å². The molecule has 30 heavy (non-hydrogen) atoms. The molecule has 2 rings (SSSR count). The smallest absolute Gasteiger partial charge is 0.387 e. The summed E-state index contributed by atoms with van der Waals surface area (Å²) in [5.41, 5.74) is 2.10. The highest BCUT2D eigenvalue weighted by molar-refractivity contribution is 5.88. The van der Waals surface area contributed by atoms with E-state index in [4.69, 9.17) is 4.74 Å². The number of anilines is 1. The quantitative estimate of drug-likeness (QED) is 0.427. The van der Waals surface area contributed by atoms with Gasteiger partial charge in [-0.25, -0.2) is 4.99 Å².